The molecule has 1 atom stereocenters. The van der Waals surface area contributed by atoms with Crippen LogP contribution in [0.4, 0.5) is 4.39 Å². The maximum atomic E-state index is 14.6. The quantitative estimate of drug-likeness (QED) is 0.638. The number of methoxy groups -OCH3 is 1. The summed E-state index contributed by atoms with van der Waals surface area (Å²) in [6.45, 7) is 5.95. The van der Waals surface area contributed by atoms with Gasteiger partial charge in [0.15, 0.2) is 0 Å². The van der Waals surface area contributed by atoms with Crippen LogP contribution >= 0.6 is 0 Å². The van der Waals surface area contributed by atoms with E-state index in [0.29, 0.717) is 24.3 Å². The topological polar surface area (TPSA) is 24.9 Å². The van der Waals surface area contributed by atoms with Crippen molar-refractivity contribution in [2.24, 2.45) is 5.92 Å². The number of piperidine rings is 1. The molecule has 1 aromatic carbocycles. The zero-order valence-corrected chi connectivity index (χ0v) is 18.0. The second-order valence-electron chi connectivity index (χ2n) is 9.20. The first-order valence-corrected chi connectivity index (χ1v) is 11.6. The van der Waals surface area contributed by atoms with Gasteiger partial charge in [0, 0.05) is 43.9 Å². The molecule has 2 aliphatic heterocycles. The lowest BCUT2D eigenvalue weighted by molar-refractivity contribution is 0.0536. The van der Waals surface area contributed by atoms with E-state index < -0.39 is 0 Å². The van der Waals surface area contributed by atoms with Crippen molar-refractivity contribution in [3.8, 4) is 5.75 Å². The zero-order chi connectivity index (χ0) is 20.1. The van der Waals surface area contributed by atoms with E-state index in [1.807, 2.05) is 12.1 Å². The Labute approximate surface area is 175 Å². The van der Waals surface area contributed by atoms with Crippen molar-refractivity contribution in [3.05, 3.63) is 29.6 Å². The van der Waals surface area contributed by atoms with Gasteiger partial charge < -0.3 is 14.4 Å². The molecule has 1 aromatic rings. The van der Waals surface area contributed by atoms with Crippen LogP contribution in [0, 0.1) is 11.7 Å². The van der Waals surface area contributed by atoms with Gasteiger partial charge in [-0.15, -0.1) is 0 Å². The molecule has 162 valence electrons. The number of likely N-dealkylation sites (tertiary alicyclic amines) is 1. The van der Waals surface area contributed by atoms with Crippen LogP contribution in [0.5, 0.6) is 5.75 Å². The summed E-state index contributed by atoms with van der Waals surface area (Å²) in [5, 5.41) is 0. The van der Waals surface area contributed by atoms with Crippen LogP contribution in [-0.2, 0) is 11.3 Å². The minimum absolute atomic E-state index is 0.169. The molecule has 1 aliphatic carbocycles. The lowest BCUT2D eigenvalue weighted by Crippen LogP contribution is -2.43. The maximum Gasteiger partial charge on any atom is 0.131 e. The van der Waals surface area contributed by atoms with Crippen LogP contribution in [-0.4, -0.2) is 61.8 Å². The molecule has 3 fully saturated rings. The molecule has 0 radical (unpaired) electrons. The van der Waals surface area contributed by atoms with Crippen molar-refractivity contribution in [3.63, 3.8) is 0 Å². The molecule has 29 heavy (non-hydrogen) atoms. The van der Waals surface area contributed by atoms with Crippen LogP contribution in [0.2, 0.25) is 0 Å². The molecule has 4 rings (SSSR count). The molecule has 0 amide bonds. The Morgan fingerprint density at radius 1 is 1.07 bits per heavy atom. The summed E-state index contributed by atoms with van der Waals surface area (Å²) in [6.07, 6.45) is 10.7. The van der Waals surface area contributed by atoms with E-state index in [2.05, 4.69) is 9.80 Å². The lowest BCUT2D eigenvalue weighted by Gasteiger charge is -2.38. The first kappa shape index (κ1) is 21.1. The van der Waals surface area contributed by atoms with Gasteiger partial charge in [-0.1, -0.05) is 18.9 Å². The predicted molar refractivity (Wildman–Crippen MR) is 114 cm³/mol. The van der Waals surface area contributed by atoms with Crippen LogP contribution in [0.1, 0.15) is 56.9 Å². The molecular formula is C24H37FN2O2. The van der Waals surface area contributed by atoms with Crippen LogP contribution in [0.25, 0.3) is 0 Å². The lowest BCUT2D eigenvalue weighted by atomic mass is 9.94. The highest BCUT2D eigenvalue weighted by atomic mass is 19.1. The van der Waals surface area contributed by atoms with Crippen molar-refractivity contribution < 1.29 is 13.9 Å². The van der Waals surface area contributed by atoms with Gasteiger partial charge in [-0.2, -0.15) is 0 Å². The van der Waals surface area contributed by atoms with Crippen LogP contribution in [0.15, 0.2) is 18.2 Å². The first-order valence-electron chi connectivity index (χ1n) is 11.6. The average molecular weight is 405 g/mol. The van der Waals surface area contributed by atoms with E-state index in [-0.39, 0.29) is 5.82 Å². The minimum atomic E-state index is -0.169. The third kappa shape index (κ3) is 5.71. The van der Waals surface area contributed by atoms with Gasteiger partial charge in [0.25, 0.3) is 0 Å². The maximum absolute atomic E-state index is 14.6. The molecule has 3 aliphatic rings. The number of nitrogens with zero attached hydrogens (tertiary/aromatic N) is 2. The molecule has 1 saturated carbocycles. The molecule has 0 aromatic heterocycles. The molecule has 2 heterocycles. The zero-order valence-electron chi connectivity index (χ0n) is 18.0. The van der Waals surface area contributed by atoms with E-state index >= 15 is 0 Å². The number of benzene rings is 1. The molecular weight excluding hydrogens is 367 g/mol. The number of ether oxygens (including phenoxy) is 2. The Morgan fingerprint density at radius 3 is 2.52 bits per heavy atom. The monoisotopic (exact) mass is 404 g/mol. The van der Waals surface area contributed by atoms with Crippen LogP contribution in [0.3, 0.4) is 0 Å². The molecule has 0 bridgehead atoms. The number of hydrogen-bond acceptors (Lipinski definition) is 4. The van der Waals surface area contributed by atoms with E-state index in [9.17, 15) is 4.39 Å². The molecule has 2 saturated heterocycles. The fraction of sp³-hybridized carbons (Fsp3) is 0.750. The second-order valence-corrected chi connectivity index (χ2v) is 9.20. The number of hydrogen-bond donors (Lipinski definition) is 0. The van der Waals surface area contributed by atoms with E-state index in [0.717, 1.165) is 44.1 Å². The van der Waals surface area contributed by atoms with Gasteiger partial charge in [0.1, 0.15) is 11.6 Å². The summed E-state index contributed by atoms with van der Waals surface area (Å²) in [6, 6.07) is 6.08. The Hall–Kier alpha value is -1.17. The molecule has 0 spiro atoms. The number of halogens is 1. The third-order valence-electron chi connectivity index (χ3n) is 7.15. The second kappa shape index (κ2) is 10.2. The van der Waals surface area contributed by atoms with Crippen molar-refractivity contribution in [1.29, 1.82) is 0 Å². The number of rotatable bonds is 8. The van der Waals surface area contributed by atoms with Crippen LogP contribution < -0.4 is 4.74 Å². The van der Waals surface area contributed by atoms with Crippen molar-refractivity contribution in [2.75, 3.05) is 39.9 Å². The average Bonchev–Trinajstić information content (AvgIpc) is 3.44. The highest BCUT2D eigenvalue weighted by Gasteiger charge is 2.29. The van der Waals surface area contributed by atoms with E-state index in [4.69, 9.17) is 9.47 Å². The normalized spacial score (nSPS) is 24.6. The fourth-order valence-corrected chi connectivity index (χ4v) is 5.44. The van der Waals surface area contributed by atoms with Gasteiger partial charge in [-0.25, -0.2) is 4.39 Å². The highest BCUT2D eigenvalue weighted by molar-refractivity contribution is 5.28. The van der Waals surface area contributed by atoms with E-state index in [1.165, 1.54) is 57.7 Å². The Kier molecular flexibility index (Phi) is 7.44. The summed E-state index contributed by atoms with van der Waals surface area (Å²) < 4.78 is 25.6. The fourth-order valence-electron chi connectivity index (χ4n) is 5.44. The minimum Gasteiger partial charge on any atom is -0.497 e. The van der Waals surface area contributed by atoms with E-state index in [1.54, 1.807) is 7.11 Å². The van der Waals surface area contributed by atoms with Crippen molar-refractivity contribution in [1.82, 2.24) is 9.80 Å². The first-order chi connectivity index (χ1) is 14.2. The van der Waals surface area contributed by atoms with Gasteiger partial charge >= 0.3 is 0 Å². The molecule has 0 unspecified atom stereocenters. The van der Waals surface area contributed by atoms with Gasteiger partial charge in [-0.3, -0.25) is 4.90 Å². The van der Waals surface area contributed by atoms with Crippen molar-refractivity contribution >= 4 is 0 Å². The summed E-state index contributed by atoms with van der Waals surface area (Å²) >= 11 is 0. The summed E-state index contributed by atoms with van der Waals surface area (Å²) in [7, 11) is 1.58. The van der Waals surface area contributed by atoms with Gasteiger partial charge in [-0.05, 0) is 63.6 Å². The predicted octanol–water partition coefficient (Wildman–Crippen LogP) is 4.47. The summed E-state index contributed by atoms with van der Waals surface area (Å²) in [5.41, 5.74) is 0.757. The summed E-state index contributed by atoms with van der Waals surface area (Å²) in [5.74, 6) is 1.12. The smallest absolute Gasteiger partial charge is 0.131 e. The molecule has 5 heteroatoms. The molecule has 0 N–H and O–H groups in total. The SMILES string of the molecule is COc1ccc(CN(CC2CCN(C3CCCC3)CC2)C[C@H]2CCCO2)c(F)c1. The van der Waals surface area contributed by atoms with Crippen molar-refractivity contribution in [2.45, 2.75) is 70.1 Å². The molecule has 4 nitrogen and oxygen atoms in total. The Morgan fingerprint density at radius 2 is 1.86 bits per heavy atom. The standard InChI is InChI=1S/C24H37FN2O2/c1-28-22-9-8-20(24(25)15-22)17-26(18-23-7-4-14-29-23)16-19-10-12-27(13-11-19)21-5-2-3-6-21/h8-9,15,19,21,23H,2-7,10-14,16-18H2,1H3/t23-/m1/s1. The van der Waals surface area contributed by atoms with Gasteiger partial charge in [0.2, 0.25) is 0 Å². The van der Waals surface area contributed by atoms with Gasteiger partial charge in [0.05, 0.1) is 13.2 Å². The Balaban J connectivity index is 1.35. The Bertz CT molecular complexity index is 636. The highest BCUT2D eigenvalue weighted by Crippen LogP contribution is 2.29. The largest absolute Gasteiger partial charge is 0.497 e. The third-order valence-corrected chi connectivity index (χ3v) is 7.15. The summed E-state index contributed by atoms with van der Waals surface area (Å²) in [4.78, 5) is 5.17.